The third-order valence-corrected chi connectivity index (χ3v) is 9.93. The SMILES string of the molecule is COc1ccc(/C=C/C(=O)OCC2CC3C=CC2C3)cc1.O=C(/C=C/c1ccc(C(=O)c2ccc(F)cc2)cc1)OCC1CC2C=CC1C2. The number of esters is 2. The Bertz CT molecular complexity index is 1740. The van der Waals surface area contributed by atoms with Crippen LogP contribution >= 0.6 is 0 Å². The molecule has 7 heteroatoms. The van der Waals surface area contributed by atoms with Crippen molar-refractivity contribution >= 4 is 29.9 Å². The number of fused-ring (bicyclic) bond motifs is 4. The number of rotatable bonds is 11. The molecule has 0 radical (unpaired) electrons. The van der Waals surface area contributed by atoms with Gasteiger partial charge in [0, 0.05) is 23.3 Å². The van der Waals surface area contributed by atoms with Gasteiger partial charge in [0.15, 0.2) is 5.78 Å². The van der Waals surface area contributed by atoms with E-state index in [0.29, 0.717) is 59.8 Å². The van der Waals surface area contributed by atoms with Crippen molar-refractivity contribution in [3.05, 3.63) is 137 Å². The van der Waals surface area contributed by atoms with Crippen LogP contribution in [0.1, 0.15) is 52.7 Å². The molecule has 49 heavy (non-hydrogen) atoms. The molecule has 6 unspecified atom stereocenters. The van der Waals surface area contributed by atoms with E-state index in [0.717, 1.165) is 29.7 Å². The number of ether oxygens (including phenoxy) is 3. The van der Waals surface area contributed by atoms with Crippen molar-refractivity contribution in [2.45, 2.75) is 25.7 Å². The zero-order chi connectivity index (χ0) is 34.2. The third kappa shape index (κ3) is 9.11. The Labute approximate surface area is 287 Å². The van der Waals surface area contributed by atoms with Crippen LogP contribution in [0.25, 0.3) is 12.2 Å². The number of benzene rings is 3. The summed E-state index contributed by atoms with van der Waals surface area (Å²) >= 11 is 0. The van der Waals surface area contributed by atoms with Gasteiger partial charge in [-0.1, -0.05) is 60.7 Å². The Morgan fingerprint density at radius 3 is 1.49 bits per heavy atom. The van der Waals surface area contributed by atoms with Crippen molar-refractivity contribution in [2.75, 3.05) is 20.3 Å². The summed E-state index contributed by atoms with van der Waals surface area (Å²) in [5.74, 6) is 3.17. The minimum atomic E-state index is -0.374. The number of methoxy groups -OCH3 is 1. The molecule has 4 bridgehead atoms. The summed E-state index contributed by atoms with van der Waals surface area (Å²) in [6.07, 6.45) is 20.2. The van der Waals surface area contributed by atoms with Crippen LogP contribution in [0.4, 0.5) is 4.39 Å². The molecule has 0 spiro atoms. The predicted octanol–water partition coefficient (Wildman–Crippen LogP) is 8.29. The van der Waals surface area contributed by atoms with Gasteiger partial charge in [-0.3, -0.25) is 4.79 Å². The monoisotopic (exact) mass is 660 g/mol. The van der Waals surface area contributed by atoms with E-state index in [9.17, 15) is 18.8 Å². The first kappa shape index (κ1) is 33.8. The molecule has 0 N–H and O–H groups in total. The van der Waals surface area contributed by atoms with Gasteiger partial charge in [0.2, 0.25) is 0 Å². The van der Waals surface area contributed by atoms with Crippen LogP contribution in [-0.4, -0.2) is 38.0 Å². The van der Waals surface area contributed by atoms with Gasteiger partial charge in [0.25, 0.3) is 0 Å². The fourth-order valence-corrected chi connectivity index (χ4v) is 7.20. The summed E-state index contributed by atoms with van der Waals surface area (Å²) in [5, 5.41) is 0. The van der Waals surface area contributed by atoms with Crippen molar-refractivity contribution in [3.63, 3.8) is 0 Å². The number of allylic oxidation sites excluding steroid dienone is 4. The van der Waals surface area contributed by atoms with Crippen molar-refractivity contribution < 1.29 is 33.0 Å². The number of hydrogen-bond acceptors (Lipinski definition) is 6. The first-order valence-electron chi connectivity index (χ1n) is 16.9. The van der Waals surface area contributed by atoms with Crippen LogP contribution in [0.3, 0.4) is 0 Å². The van der Waals surface area contributed by atoms with Gasteiger partial charge in [-0.25, -0.2) is 14.0 Å². The molecular weight excluding hydrogens is 619 g/mol. The second-order valence-electron chi connectivity index (χ2n) is 13.2. The molecule has 0 aromatic heterocycles. The van der Waals surface area contributed by atoms with Crippen molar-refractivity contribution in [1.29, 1.82) is 0 Å². The fraction of sp³-hybridized carbons (Fsp3) is 0.310. The summed E-state index contributed by atoms with van der Waals surface area (Å²) in [7, 11) is 1.63. The maximum Gasteiger partial charge on any atom is 0.330 e. The lowest BCUT2D eigenvalue weighted by atomic mass is 9.95. The number of hydrogen-bond donors (Lipinski definition) is 0. The Balaban J connectivity index is 0.000000177. The Hall–Kier alpha value is -5.04. The summed E-state index contributed by atoms with van der Waals surface area (Å²) < 4.78 is 28.8. The lowest BCUT2D eigenvalue weighted by Crippen LogP contribution is -2.16. The molecule has 2 fully saturated rings. The van der Waals surface area contributed by atoms with Gasteiger partial charge in [-0.15, -0.1) is 0 Å². The molecule has 252 valence electrons. The number of halogens is 1. The molecule has 6 nitrogen and oxygen atoms in total. The van der Waals surface area contributed by atoms with E-state index >= 15 is 0 Å². The first-order valence-corrected chi connectivity index (χ1v) is 16.9. The Morgan fingerprint density at radius 2 is 1.08 bits per heavy atom. The molecule has 4 aliphatic carbocycles. The quantitative estimate of drug-likeness (QED) is 0.0892. The van der Waals surface area contributed by atoms with E-state index in [1.165, 1.54) is 49.3 Å². The van der Waals surface area contributed by atoms with Gasteiger partial charge in [-0.05, 0) is 121 Å². The molecule has 7 rings (SSSR count). The highest BCUT2D eigenvalue weighted by Gasteiger charge is 2.37. The van der Waals surface area contributed by atoms with Crippen LogP contribution in [0.2, 0.25) is 0 Å². The Kier molecular flexibility index (Phi) is 11.0. The van der Waals surface area contributed by atoms with Crippen molar-refractivity contribution in [2.24, 2.45) is 35.5 Å². The Morgan fingerprint density at radius 1 is 0.633 bits per heavy atom. The van der Waals surface area contributed by atoms with E-state index in [1.807, 2.05) is 24.3 Å². The summed E-state index contributed by atoms with van der Waals surface area (Å²) in [6, 6.07) is 19.9. The van der Waals surface area contributed by atoms with E-state index in [1.54, 1.807) is 43.5 Å². The molecular formula is C42H41FO6. The molecule has 3 aromatic carbocycles. The molecule has 0 heterocycles. The molecule has 4 aliphatic rings. The highest BCUT2D eigenvalue weighted by molar-refractivity contribution is 6.09. The van der Waals surface area contributed by atoms with Gasteiger partial charge in [0.1, 0.15) is 11.6 Å². The molecule has 0 saturated heterocycles. The standard InChI is InChI=1S/C24H21FO3.C18H20O3/c25-22-10-8-19(9-11-22)24(27)18-5-1-16(2-6-18)4-12-23(26)28-15-21-14-17-3-7-20(21)13-17;1-20-17-7-3-13(4-8-17)5-9-18(19)21-12-16-11-14-2-6-15(16)10-14/h1-12,17,20-21H,13-15H2;2-9,14-16H,10-12H2,1H3/b12-4+;9-5+. The van der Waals surface area contributed by atoms with Gasteiger partial charge >= 0.3 is 11.9 Å². The van der Waals surface area contributed by atoms with Crippen molar-refractivity contribution in [3.8, 4) is 5.75 Å². The second-order valence-corrected chi connectivity index (χ2v) is 13.2. The van der Waals surface area contributed by atoms with Gasteiger partial charge in [-0.2, -0.15) is 0 Å². The summed E-state index contributed by atoms with van der Waals surface area (Å²) in [6.45, 7) is 1.01. The van der Waals surface area contributed by atoms with Crippen LogP contribution in [0.5, 0.6) is 5.75 Å². The average molecular weight is 661 g/mol. The number of carbonyl (C=O) groups is 3. The number of carbonyl (C=O) groups excluding carboxylic acids is 3. The molecule has 2 saturated carbocycles. The summed E-state index contributed by atoms with van der Waals surface area (Å²) in [5.41, 5.74) is 2.70. The predicted molar refractivity (Wildman–Crippen MR) is 187 cm³/mol. The second kappa shape index (κ2) is 15.9. The van der Waals surface area contributed by atoms with Crippen LogP contribution in [-0.2, 0) is 19.1 Å². The lowest BCUT2D eigenvalue weighted by molar-refractivity contribution is -0.140. The van der Waals surface area contributed by atoms with Crippen molar-refractivity contribution in [1.82, 2.24) is 0 Å². The van der Waals surface area contributed by atoms with Crippen LogP contribution in [0.15, 0.2) is 109 Å². The van der Waals surface area contributed by atoms with E-state index in [4.69, 9.17) is 14.2 Å². The first-order chi connectivity index (χ1) is 23.8. The zero-order valence-electron chi connectivity index (χ0n) is 27.6. The molecule has 6 atom stereocenters. The molecule has 3 aromatic rings. The highest BCUT2D eigenvalue weighted by Crippen LogP contribution is 2.44. The minimum Gasteiger partial charge on any atom is -0.497 e. The van der Waals surface area contributed by atoms with Gasteiger partial charge < -0.3 is 14.2 Å². The summed E-state index contributed by atoms with van der Waals surface area (Å²) in [4.78, 5) is 36.1. The molecule has 0 aliphatic heterocycles. The highest BCUT2D eigenvalue weighted by atomic mass is 19.1. The molecule has 0 amide bonds. The van der Waals surface area contributed by atoms with E-state index in [2.05, 4.69) is 24.3 Å². The smallest absolute Gasteiger partial charge is 0.330 e. The normalized spacial score (nSPS) is 24.3. The maximum atomic E-state index is 13.0. The van der Waals surface area contributed by atoms with Crippen LogP contribution in [0, 0.1) is 41.3 Å². The number of ketones is 1. The zero-order valence-corrected chi connectivity index (χ0v) is 27.6. The maximum absolute atomic E-state index is 13.0. The van der Waals surface area contributed by atoms with E-state index in [-0.39, 0.29) is 23.5 Å². The van der Waals surface area contributed by atoms with Gasteiger partial charge in [0.05, 0.1) is 20.3 Å². The third-order valence-electron chi connectivity index (χ3n) is 9.93. The minimum absolute atomic E-state index is 0.171. The van der Waals surface area contributed by atoms with Crippen LogP contribution < -0.4 is 4.74 Å². The largest absolute Gasteiger partial charge is 0.497 e. The average Bonchev–Trinajstić information content (AvgIpc) is 3.96. The fourth-order valence-electron chi connectivity index (χ4n) is 7.20. The van der Waals surface area contributed by atoms with E-state index < -0.39 is 0 Å². The topological polar surface area (TPSA) is 78.9 Å². The lowest BCUT2D eigenvalue weighted by Gasteiger charge is -2.17.